The number of aryl methyl sites for hydroxylation is 1. The maximum absolute atomic E-state index is 12.7. The summed E-state index contributed by atoms with van der Waals surface area (Å²) in [5, 5.41) is 11.6. The van der Waals surface area contributed by atoms with Crippen LogP contribution in [-0.2, 0) is 0 Å². The number of hydrogen-bond donors (Lipinski definition) is 1. The van der Waals surface area contributed by atoms with Gasteiger partial charge in [-0.05, 0) is 49.1 Å². The number of fused-ring (bicyclic) bond motifs is 1. The van der Waals surface area contributed by atoms with Crippen molar-refractivity contribution in [3.8, 4) is 0 Å². The Morgan fingerprint density at radius 2 is 2.00 bits per heavy atom. The predicted molar refractivity (Wildman–Crippen MR) is 97.4 cm³/mol. The van der Waals surface area contributed by atoms with Crippen LogP contribution < -0.4 is 5.32 Å². The molecule has 0 saturated carbocycles. The van der Waals surface area contributed by atoms with Crippen molar-refractivity contribution in [2.45, 2.75) is 19.4 Å². The molecule has 2 aromatic heterocycles. The van der Waals surface area contributed by atoms with E-state index < -0.39 is 0 Å². The Bertz CT molecular complexity index is 846. The van der Waals surface area contributed by atoms with Crippen LogP contribution in [0.5, 0.6) is 0 Å². The molecule has 0 saturated heterocycles. The van der Waals surface area contributed by atoms with Gasteiger partial charge in [0.05, 0.1) is 6.04 Å². The van der Waals surface area contributed by atoms with Crippen LogP contribution in [0.2, 0.25) is 0 Å². The Kier molecular flexibility index (Phi) is 5.15. The third-order valence-corrected chi connectivity index (χ3v) is 4.60. The highest BCUT2D eigenvalue weighted by Crippen LogP contribution is 2.19. The lowest BCUT2D eigenvalue weighted by Crippen LogP contribution is -2.30. The van der Waals surface area contributed by atoms with Crippen LogP contribution in [0.15, 0.2) is 48.7 Å². The van der Waals surface area contributed by atoms with Crippen LogP contribution in [0.3, 0.4) is 0 Å². The van der Waals surface area contributed by atoms with Gasteiger partial charge in [0, 0.05) is 11.8 Å². The van der Waals surface area contributed by atoms with E-state index >= 15 is 0 Å². The molecular formula is C18H20N4OS. The number of benzene rings is 1. The zero-order valence-electron chi connectivity index (χ0n) is 13.8. The lowest BCUT2D eigenvalue weighted by Gasteiger charge is -2.17. The second-order valence-electron chi connectivity index (χ2n) is 5.61. The number of carbonyl (C=O) groups is 1. The molecule has 1 N–H and O–H groups in total. The average molecular weight is 340 g/mol. The maximum atomic E-state index is 12.7. The van der Waals surface area contributed by atoms with Crippen molar-refractivity contribution in [2.24, 2.45) is 0 Å². The van der Waals surface area contributed by atoms with Crippen molar-refractivity contribution < 1.29 is 4.79 Å². The second-order valence-corrected chi connectivity index (χ2v) is 6.60. The zero-order chi connectivity index (χ0) is 16.9. The van der Waals surface area contributed by atoms with Gasteiger partial charge in [-0.1, -0.05) is 24.3 Å². The molecule has 0 bridgehead atoms. The van der Waals surface area contributed by atoms with Crippen molar-refractivity contribution in [3.05, 3.63) is 65.6 Å². The molecule has 1 aromatic carbocycles. The van der Waals surface area contributed by atoms with E-state index in [0.717, 1.165) is 29.2 Å². The molecule has 5 nitrogen and oxygen atoms in total. The van der Waals surface area contributed by atoms with E-state index in [1.165, 1.54) is 0 Å². The van der Waals surface area contributed by atoms with E-state index in [4.69, 9.17) is 0 Å². The number of amides is 1. The summed E-state index contributed by atoms with van der Waals surface area (Å²) >= 11 is 1.75. The summed E-state index contributed by atoms with van der Waals surface area (Å²) in [6, 6.07) is 13.2. The number of carbonyl (C=O) groups excluding carboxylic acids is 1. The summed E-state index contributed by atoms with van der Waals surface area (Å²) in [4.78, 5) is 12.7. The highest BCUT2D eigenvalue weighted by atomic mass is 32.2. The van der Waals surface area contributed by atoms with Crippen molar-refractivity contribution >= 4 is 23.3 Å². The summed E-state index contributed by atoms with van der Waals surface area (Å²) in [7, 11) is 0. The lowest BCUT2D eigenvalue weighted by molar-refractivity contribution is 0.0933. The van der Waals surface area contributed by atoms with Gasteiger partial charge in [-0.25, -0.2) is 0 Å². The first-order valence-corrected chi connectivity index (χ1v) is 9.25. The van der Waals surface area contributed by atoms with Gasteiger partial charge in [0.2, 0.25) is 0 Å². The highest BCUT2D eigenvalue weighted by Gasteiger charge is 2.21. The SMILES string of the molecule is CSCCC(NC(=O)c1ccccc1C)c1nnc2ccccn12. The summed E-state index contributed by atoms with van der Waals surface area (Å²) in [5.41, 5.74) is 2.44. The van der Waals surface area contributed by atoms with Crippen molar-refractivity contribution in [2.75, 3.05) is 12.0 Å². The Morgan fingerprint density at radius 1 is 1.21 bits per heavy atom. The number of pyridine rings is 1. The molecule has 3 rings (SSSR count). The number of nitrogens with one attached hydrogen (secondary N) is 1. The number of rotatable bonds is 6. The van der Waals surface area contributed by atoms with Crippen molar-refractivity contribution in [1.82, 2.24) is 19.9 Å². The van der Waals surface area contributed by atoms with E-state index in [1.807, 2.05) is 60.0 Å². The lowest BCUT2D eigenvalue weighted by atomic mass is 10.1. The quantitative estimate of drug-likeness (QED) is 0.748. The van der Waals surface area contributed by atoms with Crippen LogP contribution in [0.1, 0.15) is 34.2 Å². The Hall–Kier alpha value is -2.34. The summed E-state index contributed by atoms with van der Waals surface area (Å²) < 4.78 is 1.93. The first kappa shape index (κ1) is 16.5. The van der Waals surface area contributed by atoms with Gasteiger partial charge in [-0.3, -0.25) is 9.20 Å². The van der Waals surface area contributed by atoms with Gasteiger partial charge in [0.1, 0.15) is 0 Å². The number of nitrogens with zero attached hydrogens (tertiary/aromatic N) is 3. The van der Waals surface area contributed by atoms with Gasteiger partial charge in [-0.15, -0.1) is 10.2 Å². The van der Waals surface area contributed by atoms with Gasteiger partial charge >= 0.3 is 0 Å². The van der Waals surface area contributed by atoms with Crippen LogP contribution in [0, 0.1) is 6.92 Å². The molecule has 0 spiro atoms. The summed E-state index contributed by atoms with van der Waals surface area (Å²) in [6.45, 7) is 1.94. The normalized spacial score (nSPS) is 12.2. The monoisotopic (exact) mass is 340 g/mol. The minimum Gasteiger partial charge on any atom is -0.342 e. The van der Waals surface area contributed by atoms with Crippen molar-refractivity contribution in [3.63, 3.8) is 0 Å². The van der Waals surface area contributed by atoms with Crippen LogP contribution in [-0.4, -0.2) is 32.5 Å². The van der Waals surface area contributed by atoms with E-state index in [0.29, 0.717) is 5.56 Å². The number of hydrogen-bond acceptors (Lipinski definition) is 4. The molecule has 0 aliphatic carbocycles. The van der Waals surface area contributed by atoms with E-state index in [2.05, 4.69) is 21.8 Å². The molecule has 6 heteroatoms. The molecule has 2 heterocycles. The minimum atomic E-state index is -0.179. The van der Waals surface area contributed by atoms with Gasteiger partial charge in [0.25, 0.3) is 5.91 Å². The molecule has 0 radical (unpaired) electrons. The summed E-state index contributed by atoms with van der Waals surface area (Å²) in [6.07, 6.45) is 4.79. The van der Waals surface area contributed by atoms with E-state index in [9.17, 15) is 4.79 Å². The predicted octanol–water partition coefficient (Wildman–Crippen LogP) is 3.26. The van der Waals surface area contributed by atoms with E-state index in [-0.39, 0.29) is 11.9 Å². The van der Waals surface area contributed by atoms with Crippen LogP contribution in [0.25, 0.3) is 5.65 Å². The highest BCUT2D eigenvalue weighted by molar-refractivity contribution is 7.98. The minimum absolute atomic E-state index is 0.0770. The standard InChI is InChI=1S/C18H20N4OS/c1-13-7-3-4-8-14(13)18(23)19-15(10-12-24-2)17-21-20-16-9-5-6-11-22(16)17/h3-9,11,15H,10,12H2,1-2H3,(H,19,23). The van der Waals surface area contributed by atoms with Gasteiger partial charge in [-0.2, -0.15) is 11.8 Å². The first-order valence-electron chi connectivity index (χ1n) is 7.86. The largest absolute Gasteiger partial charge is 0.342 e. The Balaban J connectivity index is 1.89. The fourth-order valence-electron chi connectivity index (χ4n) is 2.66. The Morgan fingerprint density at radius 3 is 2.79 bits per heavy atom. The third kappa shape index (κ3) is 3.43. The number of aromatic nitrogens is 3. The molecule has 1 amide bonds. The first-order chi connectivity index (χ1) is 11.7. The van der Waals surface area contributed by atoms with E-state index in [1.54, 1.807) is 11.8 Å². The fourth-order valence-corrected chi connectivity index (χ4v) is 3.13. The van der Waals surface area contributed by atoms with Gasteiger partial charge in [0.15, 0.2) is 11.5 Å². The molecule has 1 atom stereocenters. The molecule has 24 heavy (non-hydrogen) atoms. The van der Waals surface area contributed by atoms with Crippen LogP contribution >= 0.6 is 11.8 Å². The Labute approximate surface area is 145 Å². The molecule has 3 aromatic rings. The van der Waals surface area contributed by atoms with Crippen LogP contribution in [0.4, 0.5) is 0 Å². The topological polar surface area (TPSA) is 59.3 Å². The molecule has 0 aliphatic heterocycles. The third-order valence-electron chi connectivity index (χ3n) is 3.96. The fraction of sp³-hybridized carbons (Fsp3) is 0.278. The average Bonchev–Trinajstić information content (AvgIpc) is 3.03. The van der Waals surface area contributed by atoms with Crippen molar-refractivity contribution in [1.29, 1.82) is 0 Å². The number of thioether (sulfide) groups is 1. The molecule has 124 valence electrons. The summed E-state index contributed by atoms with van der Waals surface area (Å²) in [5.74, 6) is 1.62. The molecular weight excluding hydrogens is 320 g/mol. The molecule has 1 unspecified atom stereocenters. The second kappa shape index (κ2) is 7.49. The van der Waals surface area contributed by atoms with Gasteiger partial charge < -0.3 is 5.32 Å². The smallest absolute Gasteiger partial charge is 0.252 e. The zero-order valence-corrected chi connectivity index (χ0v) is 14.6. The maximum Gasteiger partial charge on any atom is 0.252 e. The molecule has 0 fully saturated rings. The molecule has 0 aliphatic rings.